The lowest BCUT2D eigenvalue weighted by Gasteiger charge is -2.09. The number of nitrogens with zero attached hydrogens (tertiary/aromatic N) is 2. The van der Waals surface area contributed by atoms with Crippen LogP contribution < -0.4 is 5.32 Å². The van der Waals surface area contributed by atoms with Crippen LogP contribution in [-0.2, 0) is 11.2 Å². The van der Waals surface area contributed by atoms with Crippen molar-refractivity contribution in [3.8, 4) is 10.6 Å². The summed E-state index contributed by atoms with van der Waals surface area (Å²) >= 11 is 1.65. The van der Waals surface area contributed by atoms with Gasteiger partial charge < -0.3 is 9.84 Å². The number of amides is 1. The number of carbonyl (C=O) groups is 1. The van der Waals surface area contributed by atoms with Crippen molar-refractivity contribution in [1.29, 1.82) is 0 Å². The van der Waals surface area contributed by atoms with Crippen LogP contribution in [0.1, 0.15) is 21.9 Å². The molecule has 0 radical (unpaired) electrons. The largest absolute Gasteiger partial charge is 0.361 e. The summed E-state index contributed by atoms with van der Waals surface area (Å²) in [4.78, 5) is 19.0. The summed E-state index contributed by atoms with van der Waals surface area (Å²) < 4.78 is 5.10. The SMILES string of the molecule is Cc1ccc(-c2ncccc2NC(=O)Cc2c(C)noc2C)s1. The predicted octanol–water partition coefficient (Wildman–Crippen LogP) is 3.90. The Labute approximate surface area is 138 Å². The number of thiophene rings is 1. The second kappa shape index (κ2) is 6.34. The highest BCUT2D eigenvalue weighted by Gasteiger charge is 2.15. The molecule has 3 heterocycles. The molecule has 0 atom stereocenters. The Kier molecular flexibility index (Phi) is 4.25. The fourth-order valence-electron chi connectivity index (χ4n) is 2.37. The third-order valence-electron chi connectivity index (χ3n) is 3.57. The first-order valence-corrected chi connectivity index (χ1v) is 8.09. The van der Waals surface area contributed by atoms with Crippen LogP contribution in [0.2, 0.25) is 0 Å². The summed E-state index contributed by atoms with van der Waals surface area (Å²) in [5.74, 6) is 0.569. The van der Waals surface area contributed by atoms with E-state index in [1.54, 1.807) is 17.5 Å². The summed E-state index contributed by atoms with van der Waals surface area (Å²) in [6, 6.07) is 7.74. The zero-order chi connectivity index (χ0) is 16.4. The maximum atomic E-state index is 12.4. The van der Waals surface area contributed by atoms with E-state index in [1.807, 2.05) is 45.0 Å². The Bertz CT molecular complexity index is 832. The van der Waals surface area contributed by atoms with Gasteiger partial charge in [-0.05, 0) is 45.0 Å². The quantitative estimate of drug-likeness (QED) is 0.789. The van der Waals surface area contributed by atoms with E-state index < -0.39 is 0 Å². The predicted molar refractivity (Wildman–Crippen MR) is 90.6 cm³/mol. The van der Waals surface area contributed by atoms with E-state index in [9.17, 15) is 4.79 Å². The minimum Gasteiger partial charge on any atom is -0.361 e. The van der Waals surface area contributed by atoms with Crippen LogP contribution >= 0.6 is 11.3 Å². The number of hydrogen-bond acceptors (Lipinski definition) is 5. The third kappa shape index (κ3) is 3.32. The number of carbonyl (C=O) groups excluding carboxylic acids is 1. The molecule has 0 unspecified atom stereocenters. The maximum absolute atomic E-state index is 12.4. The summed E-state index contributed by atoms with van der Waals surface area (Å²) in [5.41, 5.74) is 3.08. The van der Waals surface area contributed by atoms with Gasteiger partial charge in [0.15, 0.2) is 0 Å². The molecule has 0 spiro atoms. The Morgan fingerprint density at radius 3 is 2.74 bits per heavy atom. The second-order valence-electron chi connectivity index (χ2n) is 5.34. The Hall–Kier alpha value is -2.47. The highest BCUT2D eigenvalue weighted by molar-refractivity contribution is 7.15. The molecule has 0 fully saturated rings. The molecule has 1 amide bonds. The molecule has 3 aromatic rings. The van der Waals surface area contributed by atoms with Crippen LogP contribution in [0, 0.1) is 20.8 Å². The van der Waals surface area contributed by atoms with Crippen molar-refractivity contribution in [2.24, 2.45) is 0 Å². The topological polar surface area (TPSA) is 68.0 Å². The first kappa shape index (κ1) is 15.4. The molecule has 3 aromatic heterocycles. The molecule has 0 aliphatic rings. The van der Waals surface area contributed by atoms with E-state index in [2.05, 4.69) is 15.5 Å². The van der Waals surface area contributed by atoms with Gasteiger partial charge in [-0.3, -0.25) is 9.78 Å². The van der Waals surface area contributed by atoms with Crippen molar-refractivity contribution in [2.45, 2.75) is 27.2 Å². The van der Waals surface area contributed by atoms with E-state index in [1.165, 1.54) is 4.88 Å². The van der Waals surface area contributed by atoms with Gasteiger partial charge in [-0.2, -0.15) is 0 Å². The number of aromatic nitrogens is 2. The molecule has 0 aliphatic heterocycles. The van der Waals surface area contributed by atoms with Crippen LogP contribution in [0.3, 0.4) is 0 Å². The lowest BCUT2D eigenvalue weighted by atomic mass is 10.1. The fraction of sp³-hybridized carbons (Fsp3) is 0.235. The van der Waals surface area contributed by atoms with E-state index in [0.717, 1.165) is 21.8 Å². The lowest BCUT2D eigenvalue weighted by molar-refractivity contribution is -0.115. The van der Waals surface area contributed by atoms with Gasteiger partial charge in [0.25, 0.3) is 0 Å². The number of pyridine rings is 1. The van der Waals surface area contributed by atoms with Gasteiger partial charge in [-0.25, -0.2) is 0 Å². The summed E-state index contributed by atoms with van der Waals surface area (Å²) in [6.07, 6.45) is 1.97. The van der Waals surface area contributed by atoms with Crippen molar-refractivity contribution in [3.05, 3.63) is 52.4 Å². The number of hydrogen-bond donors (Lipinski definition) is 1. The summed E-state index contributed by atoms with van der Waals surface area (Å²) in [5, 5.41) is 6.83. The molecule has 0 aliphatic carbocycles. The lowest BCUT2D eigenvalue weighted by Crippen LogP contribution is -2.16. The zero-order valence-electron chi connectivity index (χ0n) is 13.2. The van der Waals surface area contributed by atoms with Crippen molar-refractivity contribution in [3.63, 3.8) is 0 Å². The first-order chi connectivity index (χ1) is 11.0. The molecule has 5 nitrogen and oxygen atoms in total. The molecule has 23 heavy (non-hydrogen) atoms. The normalized spacial score (nSPS) is 10.7. The second-order valence-corrected chi connectivity index (χ2v) is 6.63. The van der Waals surface area contributed by atoms with Gasteiger partial charge in [-0.15, -0.1) is 11.3 Å². The number of aryl methyl sites for hydroxylation is 3. The Morgan fingerprint density at radius 1 is 1.26 bits per heavy atom. The minimum atomic E-state index is -0.109. The van der Waals surface area contributed by atoms with E-state index in [0.29, 0.717) is 11.4 Å². The molecule has 0 aromatic carbocycles. The smallest absolute Gasteiger partial charge is 0.229 e. The third-order valence-corrected chi connectivity index (χ3v) is 4.58. The zero-order valence-corrected chi connectivity index (χ0v) is 14.0. The van der Waals surface area contributed by atoms with Crippen molar-refractivity contribution in [2.75, 3.05) is 5.32 Å². The minimum absolute atomic E-state index is 0.109. The number of anilines is 1. The molecule has 3 rings (SSSR count). The number of nitrogens with one attached hydrogen (secondary N) is 1. The number of rotatable bonds is 4. The molecule has 0 saturated carbocycles. The molecule has 118 valence electrons. The average molecular weight is 327 g/mol. The van der Waals surface area contributed by atoms with Gasteiger partial charge >= 0.3 is 0 Å². The van der Waals surface area contributed by atoms with Crippen LogP contribution in [0.25, 0.3) is 10.6 Å². The summed E-state index contributed by atoms with van der Waals surface area (Å²) in [6.45, 7) is 5.70. The van der Waals surface area contributed by atoms with Gasteiger partial charge in [0, 0.05) is 16.6 Å². The summed E-state index contributed by atoms with van der Waals surface area (Å²) in [7, 11) is 0. The maximum Gasteiger partial charge on any atom is 0.229 e. The Morgan fingerprint density at radius 2 is 2.09 bits per heavy atom. The van der Waals surface area contributed by atoms with Gasteiger partial charge in [0.2, 0.25) is 5.91 Å². The highest BCUT2D eigenvalue weighted by Crippen LogP contribution is 2.31. The first-order valence-electron chi connectivity index (χ1n) is 7.28. The van der Waals surface area contributed by atoms with Crippen molar-refractivity contribution in [1.82, 2.24) is 10.1 Å². The molecular weight excluding hydrogens is 310 g/mol. The molecule has 0 saturated heterocycles. The molecule has 1 N–H and O–H groups in total. The van der Waals surface area contributed by atoms with Crippen LogP contribution in [-0.4, -0.2) is 16.0 Å². The van der Waals surface area contributed by atoms with Gasteiger partial charge in [0.05, 0.1) is 22.7 Å². The van der Waals surface area contributed by atoms with E-state index in [4.69, 9.17) is 4.52 Å². The monoisotopic (exact) mass is 327 g/mol. The van der Waals surface area contributed by atoms with Gasteiger partial charge in [0.1, 0.15) is 11.5 Å². The molecular formula is C17H17N3O2S. The highest BCUT2D eigenvalue weighted by atomic mass is 32.1. The van der Waals surface area contributed by atoms with Crippen LogP contribution in [0.5, 0.6) is 0 Å². The standard InChI is InChI=1S/C17H17N3O2S/c1-10-6-7-15(23-10)17-14(5-4-8-18-17)19-16(21)9-13-11(2)20-22-12(13)3/h4-8H,9H2,1-3H3,(H,19,21). The van der Waals surface area contributed by atoms with Crippen LogP contribution in [0.4, 0.5) is 5.69 Å². The van der Waals surface area contributed by atoms with Crippen molar-refractivity contribution < 1.29 is 9.32 Å². The Balaban J connectivity index is 1.82. The van der Waals surface area contributed by atoms with Crippen LogP contribution in [0.15, 0.2) is 35.0 Å². The average Bonchev–Trinajstić information content (AvgIpc) is 3.08. The van der Waals surface area contributed by atoms with Gasteiger partial charge in [-0.1, -0.05) is 5.16 Å². The fourth-order valence-corrected chi connectivity index (χ4v) is 3.25. The van der Waals surface area contributed by atoms with E-state index in [-0.39, 0.29) is 12.3 Å². The van der Waals surface area contributed by atoms with E-state index >= 15 is 0 Å². The van der Waals surface area contributed by atoms with Crippen molar-refractivity contribution >= 4 is 22.9 Å². The molecule has 0 bridgehead atoms. The molecule has 6 heteroatoms.